The predicted molar refractivity (Wildman–Crippen MR) is 75.7 cm³/mol. The van der Waals surface area contributed by atoms with Crippen LogP contribution in [0, 0.1) is 0 Å². The molecule has 1 unspecified atom stereocenters. The van der Waals surface area contributed by atoms with E-state index in [-0.39, 0.29) is 24.5 Å². The van der Waals surface area contributed by atoms with Gasteiger partial charge >= 0.3 is 0 Å². The second-order valence-corrected chi connectivity index (χ2v) is 9.83. The number of rotatable bonds is 4. The number of sulfonamides is 1. The third-order valence-corrected chi connectivity index (χ3v) is 8.24. The van der Waals surface area contributed by atoms with Crippen molar-refractivity contribution in [3.63, 3.8) is 0 Å². The van der Waals surface area contributed by atoms with Gasteiger partial charge < -0.3 is 5.11 Å². The molecule has 118 valence electrons. The van der Waals surface area contributed by atoms with Crippen molar-refractivity contribution in [2.75, 3.05) is 50.8 Å². The van der Waals surface area contributed by atoms with Crippen molar-refractivity contribution in [3.05, 3.63) is 0 Å². The van der Waals surface area contributed by atoms with Gasteiger partial charge in [0.15, 0.2) is 9.84 Å². The number of aliphatic hydroxyl groups excluding tert-OH is 1. The summed E-state index contributed by atoms with van der Waals surface area (Å²) in [5, 5.41) is 8.15. The molecule has 2 aliphatic rings. The molecule has 2 heterocycles. The molecule has 1 N–H and O–H groups in total. The molecule has 20 heavy (non-hydrogen) atoms. The van der Waals surface area contributed by atoms with E-state index in [9.17, 15) is 16.8 Å². The summed E-state index contributed by atoms with van der Waals surface area (Å²) in [7, 11) is -6.72. The average Bonchev–Trinajstić information content (AvgIpc) is 2.60. The summed E-state index contributed by atoms with van der Waals surface area (Å²) in [6, 6.07) is 0. The van der Waals surface area contributed by atoms with Crippen LogP contribution in [0.3, 0.4) is 0 Å². The molecule has 0 aromatic heterocycles. The third-order valence-electron chi connectivity index (χ3n) is 3.94. The topological polar surface area (TPSA) is 95.0 Å². The van der Waals surface area contributed by atoms with Crippen molar-refractivity contribution < 1.29 is 21.9 Å². The first-order valence-corrected chi connectivity index (χ1v) is 10.2. The van der Waals surface area contributed by atoms with Gasteiger partial charge in [-0.1, -0.05) is 0 Å². The van der Waals surface area contributed by atoms with Gasteiger partial charge in [0.2, 0.25) is 10.0 Å². The Balaban J connectivity index is 2.03. The van der Waals surface area contributed by atoms with Gasteiger partial charge in [0, 0.05) is 26.2 Å². The largest absolute Gasteiger partial charge is 0.395 e. The van der Waals surface area contributed by atoms with Gasteiger partial charge in [0.05, 0.1) is 23.4 Å². The van der Waals surface area contributed by atoms with Crippen LogP contribution in [0.5, 0.6) is 0 Å². The zero-order valence-corrected chi connectivity index (χ0v) is 13.1. The summed E-state index contributed by atoms with van der Waals surface area (Å²) >= 11 is 0. The SMILES string of the molecule is O=S1(=O)CCC(S(=O)(=O)N2CCCN(CCO)CC2)C1. The van der Waals surface area contributed by atoms with E-state index >= 15 is 0 Å². The first-order valence-electron chi connectivity index (χ1n) is 6.88. The molecule has 2 rings (SSSR count). The lowest BCUT2D eigenvalue weighted by atomic mass is 10.4. The van der Waals surface area contributed by atoms with Crippen LogP contribution in [0.15, 0.2) is 0 Å². The molecule has 0 bridgehead atoms. The smallest absolute Gasteiger partial charge is 0.218 e. The van der Waals surface area contributed by atoms with Crippen LogP contribution < -0.4 is 0 Å². The molecule has 2 saturated heterocycles. The maximum Gasteiger partial charge on any atom is 0.218 e. The molecule has 1 atom stereocenters. The van der Waals surface area contributed by atoms with Crippen molar-refractivity contribution >= 4 is 19.9 Å². The molecular formula is C11H22N2O5S2. The summed E-state index contributed by atoms with van der Waals surface area (Å²) in [5.41, 5.74) is 0. The van der Waals surface area contributed by atoms with Crippen LogP contribution in [-0.2, 0) is 19.9 Å². The number of β-amino-alcohol motifs (C(OH)–C–C–N with tert-alkyl or cyclic N) is 1. The summed E-state index contributed by atoms with van der Waals surface area (Å²) < 4.78 is 49.3. The van der Waals surface area contributed by atoms with E-state index in [0.29, 0.717) is 32.6 Å². The van der Waals surface area contributed by atoms with E-state index in [1.54, 1.807) is 0 Å². The molecule has 0 amide bonds. The molecule has 7 nitrogen and oxygen atoms in total. The molecule has 2 fully saturated rings. The zero-order valence-electron chi connectivity index (χ0n) is 11.4. The predicted octanol–water partition coefficient (Wildman–Crippen LogP) is -1.50. The monoisotopic (exact) mass is 326 g/mol. The van der Waals surface area contributed by atoms with Gasteiger partial charge in [-0.15, -0.1) is 0 Å². The maximum atomic E-state index is 12.5. The Hall–Kier alpha value is -0.220. The van der Waals surface area contributed by atoms with Gasteiger partial charge in [0.1, 0.15) is 0 Å². The quantitative estimate of drug-likeness (QED) is 0.676. The van der Waals surface area contributed by atoms with Gasteiger partial charge in [-0.25, -0.2) is 21.1 Å². The highest BCUT2D eigenvalue weighted by atomic mass is 32.2. The van der Waals surface area contributed by atoms with E-state index < -0.39 is 25.1 Å². The van der Waals surface area contributed by atoms with Crippen molar-refractivity contribution in [2.45, 2.75) is 18.1 Å². The van der Waals surface area contributed by atoms with Crippen LogP contribution in [0.2, 0.25) is 0 Å². The third kappa shape index (κ3) is 3.70. The first-order chi connectivity index (χ1) is 9.35. The second kappa shape index (κ2) is 6.27. The van der Waals surface area contributed by atoms with E-state index in [4.69, 9.17) is 5.11 Å². The molecule has 0 aromatic rings. The van der Waals surface area contributed by atoms with E-state index in [1.165, 1.54) is 4.31 Å². The summed E-state index contributed by atoms with van der Waals surface area (Å²) in [6.07, 6.45) is 0.917. The summed E-state index contributed by atoms with van der Waals surface area (Å²) in [6.45, 7) is 2.76. The van der Waals surface area contributed by atoms with Gasteiger partial charge in [-0.3, -0.25) is 4.90 Å². The summed E-state index contributed by atoms with van der Waals surface area (Å²) in [5.74, 6) is -0.270. The van der Waals surface area contributed by atoms with Gasteiger partial charge in [-0.05, 0) is 19.4 Å². The van der Waals surface area contributed by atoms with E-state index in [0.717, 1.165) is 6.54 Å². The lowest BCUT2D eigenvalue weighted by Gasteiger charge is -2.23. The zero-order chi connectivity index (χ0) is 14.8. The fourth-order valence-electron chi connectivity index (χ4n) is 2.77. The Morgan fingerprint density at radius 2 is 1.90 bits per heavy atom. The Labute approximate surface area is 120 Å². The second-order valence-electron chi connectivity index (χ2n) is 5.39. The van der Waals surface area contributed by atoms with E-state index in [2.05, 4.69) is 0 Å². The van der Waals surface area contributed by atoms with Crippen LogP contribution in [0.1, 0.15) is 12.8 Å². The molecular weight excluding hydrogens is 304 g/mol. The van der Waals surface area contributed by atoms with Gasteiger partial charge in [-0.2, -0.15) is 0 Å². The molecule has 0 saturated carbocycles. The fourth-order valence-corrected chi connectivity index (χ4v) is 7.33. The Morgan fingerprint density at radius 3 is 2.50 bits per heavy atom. The van der Waals surface area contributed by atoms with Crippen molar-refractivity contribution in [1.82, 2.24) is 9.21 Å². The maximum absolute atomic E-state index is 12.5. The summed E-state index contributed by atoms with van der Waals surface area (Å²) in [4.78, 5) is 2.03. The number of aliphatic hydroxyl groups is 1. The molecule has 0 radical (unpaired) electrons. The van der Waals surface area contributed by atoms with Crippen molar-refractivity contribution in [1.29, 1.82) is 0 Å². The van der Waals surface area contributed by atoms with Gasteiger partial charge in [0.25, 0.3) is 0 Å². The Morgan fingerprint density at radius 1 is 1.15 bits per heavy atom. The average molecular weight is 326 g/mol. The van der Waals surface area contributed by atoms with Crippen LogP contribution in [0.4, 0.5) is 0 Å². The van der Waals surface area contributed by atoms with Crippen LogP contribution >= 0.6 is 0 Å². The normalized spacial score (nSPS) is 29.4. The lowest BCUT2D eigenvalue weighted by molar-refractivity contribution is 0.202. The van der Waals surface area contributed by atoms with Crippen LogP contribution in [-0.4, -0.2) is 87.2 Å². The molecule has 0 spiro atoms. The highest BCUT2D eigenvalue weighted by Crippen LogP contribution is 2.23. The number of nitrogens with zero attached hydrogens (tertiary/aromatic N) is 2. The first kappa shape index (κ1) is 16.2. The fraction of sp³-hybridized carbons (Fsp3) is 1.00. The standard InChI is InChI=1S/C11H22N2O5S2/c14-8-7-12-3-1-4-13(6-5-12)20(17,18)11-2-9-19(15,16)10-11/h11,14H,1-10H2. The minimum Gasteiger partial charge on any atom is -0.395 e. The van der Waals surface area contributed by atoms with E-state index in [1.807, 2.05) is 4.90 Å². The number of hydrogen-bond acceptors (Lipinski definition) is 6. The molecule has 0 aromatic carbocycles. The van der Waals surface area contributed by atoms with Crippen LogP contribution in [0.25, 0.3) is 0 Å². The highest BCUT2D eigenvalue weighted by molar-refractivity contribution is 7.95. The number of sulfone groups is 1. The molecule has 2 aliphatic heterocycles. The molecule has 0 aliphatic carbocycles. The minimum absolute atomic E-state index is 0.0264. The van der Waals surface area contributed by atoms with Crippen molar-refractivity contribution in [2.24, 2.45) is 0 Å². The van der Waals surface area contributed by atoms with Crippen molar-refractivity contribution in [3.8, 4) is 0 Å². The molecule has 9 heteroatoms. The Bertz CT molecular complexity index is 531. The highest BCUT2D eigenvalue weighted by Gasteiger charge is 2.40. The number of hydrogen-bond donors (Lipinski definition) is 1. The lowest BCUT2D eigenvalue weighted by Crippen LogP contribution is -2.41. The Kier molecular flexibility index (Phi) is 5.06. The minimum atomic E-state index is -3.53.